The summed E-state index contributed by atoms with van der Waals surface area (Å²) in [5, 5.41) is 0. The van der Waals surface area contributed by atoms with Gasteiger partial charge in [0.25, 0.3) is 0 Å². The monoisotopic (exact) mass is 605 g/mol. The first kappa shape index (κ1) is 36.6. The lowest BCUT2D eigenvalue weighted by molar-refractivity contribution is 0.0764. The van der Waals surface area contributed by atoms with E-state index in [1.807, 2.05) is 0 Å². The van der Waals surface area contributed by atoms with Gasteiger partial charge in [0, 0.05) is 24.3 Å². The van der Waals surface area contributed by atoms with Crippen LogP contribution in [0.5, 0.6) is 0 Å². The van der Waals surface area contributed by atoms with Crippen molar-refractivity contribution in [1.82, 2.24) is 4.90 Å². The maximum absolute atomic E-state index is 5.60. The number of rotatable bonds is 25. The minimum absolute atomic E-state index is 0.143. The number of nitrogens with zero attached hydrogens (tertiary/aromatic N) is 2. The van der Waals surface area contributed by atoms with Gasteiger partial charge < -0.3 is 9.64 Å². The van der Waals surface area contributed by atoms with E-state index in [0.717, 1.165) is 39.1 Å². The number of hydrogen-bond donors (Lipinski definition) is 0. The molecule has 0 radical (unpaired) electrons. The van der Waals surface area contributed by atoms with Crippen molar-refractivity contribution in [2.24, 2.45) is 0 Å². The highest BCUT2D eigenvalue weighted by Gasteiger charge is 2.35. The molecule has 1 unspecified atom stereocenters. The second kappa shape index (κ2) is 22.6. The Balaban J connectivity index is 1.72. The van der Waals surface area contributed by atoms with Crippen LogP contribution in [0.25, 0.3) is 0 Å². The van der Waals surface area contributed by atoms with E-state index < -0.39 is 0 Å². The Morgan fingerprint density at radius 2 is 1.02 bits per heavy atom. The van der Waals surface area contributed by atoms with Crippen LogP contribution in [0.15, 0.2) is 54.6 Å². The SMILES string of the molecule is CCCCCCCCCCN(CCCCCCCCCC)C(CC)(Cc1ccccc1)Cc1ccc(N2CCOCC2)cc1. The minimum Gasteiger partial charge on any atom is -0.378 e. The molecule has 1 fully saturated rings. The van der Waals surface area contributed by atoms with E-state index in [4.69, 9.17) is 4.74 Å². The van der Waals surface area contributed by atoms with Crippen molar-refractivity contribution in [3.05, 3.63) is 65.7 Å². The maximum atomic E-state index is 5.60. The van der Waals surface area contributed by atoms with Crippen molar-refractivity contribution in [1.29, 1.82) is 0 Å². The van der Waals surface area contributed by atoms with Crippen LogP contribution in [0.3, 0.4) is 0 Å². The third kappa shape index (κ3) is 13.7. The number of ether oxygens (including phenoxy) is 1. The minimum atomic E-state index is 0.143. The molecule has 2 aromatic carbocycles. The van der Waals surface area contributed by atoms with Crippen molar-refractivity contribution in [2.75, 3.05) is 44.3 Å². The van der Waals surface area contributed by atoms with Crippen LogP contribution in [0, 0.1) is 0 Å². The molecule has 3 heteroatoms. The number of unbranched alkanes of at least 4 members (excludes halogenated alkanes) is 14. The second-order valence-corrected chi connectivity index (χ2v) is 13.6. The highest BCUT2D eigenvalue weighted by atomic mass is 16.5. The summed E-state index contributed by atoms with van der Waals surface area (Å²) in [6, 6.07) is 20.9. The van der Waals surface area contributed by atoms with Crippen LogP contribution in [-0.4, -0.2) is 49.8 Å². The fourth-order valence-corrected chi connectivity index (χ4v) is 7.22. The quantitative estimate of drug-likeness (QED) is 0.105. The van der Waals surface area contributed by atoms with Crippen LogP contribution in [0.1, 0.15) is 141 Å². The third-order valence-corrected chi connectivity index (χ3v) is 10.1. The lowest BCUT2D eigenvalue weighted by atomic mass is 9.80. The predicted octanol–water partition coefficient (Wildman–Crippen LogP) is 11.0. The van der Waals surface area contributed by atoms with Crippen molar-refractivity contribution in [3.63, 3.8) is 0 Å². The molecule has 1 aliphatic rings. The average Bonchev–Trinajstić information content (AvgIpc) is 3.07. The highest BCUT2D eigenvalue weighted by molar-refractivity contribution is 5.48. The van der Waals surface area contributed by atoms with Gasteiger partial charge in [-0.05, 0) is 68.5 Å². The van der Waals surface area contributed by atoms with Crippen molar-refractivity contribution >= 4 is 5.69 Å². The molecule has 0 aromatic heterocycles. The summed E-state index contributed by atoms with van der Waals surface area (Å²) < 4.78 is 5.60. The van der Waals surface area contributed by atoms with Gasteiger partial charge in [0.1, 0.15) is 0 Å². The van der Waals surface area contributed by atoms with Gasteiger partial charge in [-0.2, -0.15) is 0 Å². The van der Waals surface area contributed by atoms with Crippen molar-refractivity contribution in [2.45, 2.75) is 148 Å². The van der Waals surface area contributed by atoms with Crippen LogP contribution in [-0.2, 0) is 17.6 Å². The van der Waals surface area contributed by atoms with Gasteiger partial charge >= 0.3 is 0 Å². The van der Waals surface area contributed by atoms with E-state index in [1.165, 1.54) is 139 Å². The molecule has 0 bridgehead atoms. The molecule has 0 spiro atoms. The summed E-state index contributed by atoms with van der Waals surface area (Å²) >= 11 is 0. The lowest BCUT2D eigenvalue weighted by Gasteiger charge is -2.45. The Bertz CT molecular complexity index is 919. The summed E-state index contributed by atoms with van der Waals surface area (Å²) in [5.74, 6) is 0. The van der Waals surface area contributed by atoms with Crippen LogP contribution >= 0.6 is 0 Å². The fraction of sp³-hybridized carbons (Fsp3) is 0.707. The van der Waals surface area contributed by atoms with E-state index in [2.05, 4.69) is 85.2 Å². The molecular formula is C41H68N2O. The smallest absolute Gasteiger partial charge is 0.0642 e. The third-order valence-electron chi connectivity index (χ3n) is 10.1. The Hall–Kier alpha value is -1.84. The Morgan fingerprint density at radius 3 is 1.50 bits per heavy atom. The molecule has 1 atom stereocenters. The van der Waals surface area contributed by atoms with E-state index in [1.54, 1.807) is 0 Å². The first-order chi connectivity index (χ1) is 21.7. The zero-order chi connectivity index (χ0) is 31.1. The maximum Gasteiger partial charge on any atom is 0.0642 e. The molecule has 2 aromatic rings. The highest BCUT2D eigenvalue weighted by Crippen LogP contribution is 2.32. The number of hydrogen-bond acceptors (Lipinski definition) is 3. The summed E-state index contributed by atoms with van der Waals surface area (Å²) in [7, 11) is 0. The zero-order valence-electron chi connectivity index (χ0n) is 29.2. The van der Waals surface area contributed by atoms with Gasteiger partial charge in [0.2, 0.25) is 0 Å². The summed E-state index contributed by atoms with van der Waals surface area (Å²) in [4.78, 5) is 5.44. The van der Waals surface area contributed by atoms with E-state index in [-0.39, 0.29) is 5.54 Å². The Morgan fingerprint density at radius 1 is 0.568 bits per heavy atom. The Kier molecular flexibility index (Phi) is 18.8. The predicted molar refractivity (Wildman–Crippen MR) is 193 cm³/mol. The zero-order valence-corrected chi connectivity index (χ0v) is 29.2. The van der Waals surface area contributed by atoms with Gasteiger partial charge in [-0.1, -0.05) is 153 Å². The molecule has 1 heterocycles. The molecule has 0 saturated carbocycles. The summed E-state index contributed by atoms with van der Waals surface area (Å²) in [6.45, 7) is 13.2. The summed E-state index contributed by atoms with van der Waals surface area (Å²) in [5.41, 5.74) is 4.45. The molecule has 248 valence electrons. The van der Waals surface area contributed by atoms with Gasteiger partial charge in [0.05, 0.1) is 13.2 Å². The average molecular weight is 605 g/mol. The number of morpholine rings is 1. The first-order valence-electron chi connectivity index (χ1n) is 18.9. The summed E-state index contributed by atoms with van der Waals surface area (Å²) in [6.07, 6.45) is 25.6. The largest absolute Gasteiger partial charge is 0.378 e. The van der Waals surface area contributed by atoms with Crippen molar-refractivity contribution in [3.8, 4) is 0 Å². The topological polar surface area (TPSA) is 15.7 Å². The van der Waals surface area contributed by atoms with E-state index in [0.29, 0.717) is 0 Å². The molecule has 0 amide bonds. The normalized spacial score (nSPS) is 15.1. The van der Waals surface area contributed by atoms with Gasteiger partial charge in [-0.3, -0.25) is 4.90 Å². The lowest BCUT2D eigenvalue weighted by Crippen LogP contribution is -2.52. The van der Waals surface area contributed by atoms with Crippen LogP contribution < -0.4 is 4.90 Å². The van der Waals surface area contributed by atoms with Gasteiger partial charge in [-0.15, -0.1) is 0 Å². The second-order valence-electron chi connectivity index (χ2n) is 13.6. The molecular weight excluding hydrogens is 536 g/mol. The number of benzene rings is 2. The fourth-order valence-electron chi connectivity index (χ4n) is 7.22. The molecule has 0 N–H and O–H groups in total. The standard InChI is InChI=1S/C41H68N2O/c1-4-7-9-11-13-15-17-22-30-43(31-23-18-16-14-12-10-8-5-2)41(6-3,36-38-24-20-19-21-25-38)37-39-26-28-40(29-27-39)42-32-34-44-35-33-42/h19-21,24-29H,4-18,22-23,30-37H2,1-3H3. The molecule has 0 aliphatic carbocycles. The molecule has 3 rings (SSSR count). The van der Waals surface area contributed by atoms with Crippen molar-refractivity contribution < 1.29 is 4.74 Å². The number of anilines is 1. The van der Waals surface area contributed by atoms with Gasteiger partial charge in [0.15, 0.2) is 0 Å². The van der Waals surface area contributed by atoms with Crippen LogP contribution in [0.2, 0.25) is 0 Å². The van der Waals surface area contributed by atoms with Crippen LogP contribution in [0.4, 0.5) is 5.69 Å². The molecule has 3 nitrogen and oxygen atoms in total. The Labute approximate surface area is 273 Å². The first-order valence-corrected chi connectivity index (χ1v) is 18.9. The molecule has 44 heavy (non-hydrogen) atoms. The molecule has 1 aliphatic heterocycles. The van der Waals surface area contributed by atoms with E-state index in [9.17, 15) is 0 Å². The van der Waals surface area contributed by atoms with E-state index >= 15 is 0 Å². The van der Waals surface area contributed by atoms with Gasteiger partial charge in [-0.25, -0.2) is 0 Å². The molecule has 1 saturated heterocycles.